The highest BCUT2D eigenvalue weighted by Gasteiger charge is 2.09. The lowest BCUT2D eigenvalue weighted by Gasteiger charge is -2.09. The first kappa shape index (κ1) is 11.4. The van der Waals surface area contributed by atoms with Gasteiger partial charge in [0.15, 0.2) is 0 Å². The molecule has 0 saturated carbocycles. The van der Waals surface area contributed by atoms with Crippen LogP contribution in [0.1, 0.15) is 18.9 Å². The number of hydrogen-bond donors (Lipinski definition) is 1. The van der Waals surface area contributed by atoms with Crippen LogP contribution < -0.4 is 5.73 Å². The Bertz CT molecular complexity index is 325. The van der Waals surface area contributed by atoms with Crippen molar-refractivity contribution in [3.05, 3.63) is 29.8 Å². The Kier molecular flexibility index (Phi) is 4.29. The summed E-state index contributed by atoms with van der Waals surface area (Å²) in [5, 5.41) is 0. The van der Waals surface area contributed by atoms with Crippen molar-refractivity contribution in [2.75, 3.05) is 5.75 Å². The molecule has 0 aliphatic rings. The monoisotopic (exact) mass is 211 g/mol. The van der Waals surface area contributed by atoms with Crippen molar-refractivity contribution < 1.29 is 4.21 Å². The fourth-order valence-electron chi connectivity index (χ4n) is 1.21. The highest BCUT2D eigenvalue weighted by molar-refractivity contribution is 7.85. The van der Waals surface area contributed by atoms with Crippen LogP contribution in [0.5, 0.6) is 0 Å². The summed E-state index contributed by atoms with van der Waals surface area (Å²) >= 11 is 0. The molecule has 1 rings (SSSR count). The van der Waals surface area contributed by atoms with Gasteiger partial charge in [-0.25, -0.2) is 0 Å². The van der Waals surface area contributed by atoms with E-state index in [4.69, 9.17) is 5.73 Å². The Morgan fingerprint density at radius 3 is 2.64 bits per heavy atom. The minimum Gasteiger partial charge on any atom is -0.327 e. The van der Waals surface area contributed by atoms with Gasteiger partial charge in [-0.1, -0.05) is 25.1 Å². The van der Waals surface area contributed by atoms with Gasteiger partial charge < -0.3 is 5.73 Å². The quantitative estimate of drug-likeness (QED) is 0.825. The molecule has 1 aromatic carbocycles. The molecule has 0 aromatic heterocycles. The lowest BCUT2D eigenvalue weighted by molar-refractivity contribution is 0.663. The topological polar surface area (TPSA) is 43.1 Å². The highest BCUT2D eigenvalue weighted by atomic mass is 32.2. The third-order valence-electron chi connectivity index (χ3n) is 2.23. The zero-order valence-corrected chi connectivity index (χ0v) is 9.51. The molecule has 0 fully saturated rings. The average molecular weight is 211 g/mol. The van der Waals surface area contributed by atoms with Gasteiger partial charge in [0.1, 0.15) is 0 Å². The van der Waals surface area contributed by atoms with Crippen molar-refractivity contribution in [2.24, 2.45) is 5.73 Å². The molecule has 2 nitrogen and oxygen atoms in total. The zero-order chi connectivity index (χ0) is 10.6. The van der Waals surface area contributed by atoms with E-state index in [2.05, 4.69) is 0 Å². The fourth-order valence-corrected chi connectivity index (χ4v) is 2.68. The molecule has 14 heavy (non-hydrogen) atoms. The molecule has 2 atom stereocenters. The van der Waals surface area contributed by atoms with E-state index >= 15 is 0 Å². The third-order valence-corrected chi connectivity index (χ3v) is 3.91. The van der Waals surface area contributed by atoms with E-state index in [9.17, 15) is 4.21 Å². The Labute approximate surface area is 88.0 Å². The second-order valence-electron chi connectivity index (χ2n) is 3.45. The Hall–Kier alpha value is -0.670. The number of rotatable bonds is 4. The number of aryl methyl sites for hydroxylation is 1. The molecule has 0 aliphatic heterocycles. The Balaban J connectivity index is 2.75. The van der Waals surface area contributed by atoms with Gasteiger partial charge in [-0.2, -0.15) is 0 Å². The van der Waals surface area contributed by atoms with Gasteiger partial charge in [-0.15, -0.1) is 0 Å². The molecule has 1 aromatic rings. The van der Waals surface area contributed by atoms with Crippen molar-refractivity contribution in [2.45, 2.75) is 31.2 Å². The van der Waals surface area contributed by atoms with E-state index in [1.807, 2.05) is 38.1 Å². The molecule has 0 saturated heterocycles. The van der Waals surface area contributed by atoms with Gasteiger partial charge in [0.2, 0.25) is 0 Å². The zero-order valence-electron chi connectivity index (χ0n) is 8.69. The van der Waals surface area contributed by atoms with E-state index in [1.54, 1.807) is 0 Å². The maximum Gasteiger partial charge on any atom is 0.0547 e. The van der Waals surface area contributed by atoms with Crippen LogP contribution in [0, 0.1) is 6.92 Å². The van der Waals surface area contributed by atoms with Crippen molar-refractivity contribution in [3.63, 3.8) is 0 Å². The summed E-state index contributed by atoms with van der Waals surface area (Å²) in [6.45, 7) is 3.99. The standard InChI is InChI=1S/C11H17NOS/c1-3-10(12)8-14(13)11-7-5-4-6-9(11)2/h4-7,10H,3,8,12H2,1-2H3. The van der Waals surface area contributed by atoms with Crippen molar-refractivity contribution in [1.29, 1.82) is 0 Å². The molecule has 78 valence electrons. The van der Waals surface area contributed by atoms with Crippen LogP contribution >= 0.6 is 0 Å². The molecule has 0 heterocycles. The normalized spacial score (nSPS) is 15.1. The SMILES string of the molecule is CCC(N)CS(=O)c1ccccc1C. The molecule has 0 spiro atoms. The van der Waals surface area contributed by atoms with Gasteiger partial charge >= 0.3 is 0 Å². The van der Waals surface area contributed by atoms with E-state index in [-0.39, 0.29) is 6.04 Å². The molecule has 3 heteroatoms. The molecule has 0 amide bonds. The maximum atomic E-state index is 11.9. The second-order valence-corrected chi connectivity index (χ2v) is 4.91. The van der Waals surface area contributed by atoms with Crippen LogP contribution in [0.3, 0.4) is 0 Å². The predicted molar refractivity (Wildman–Crippen MR) is 60.7 cm³/mol. The van der Waals surface area contributed by atoms with Crippen LogP contribution in [0.2, 0.25) is 0 Å². The average Bonchev–Trinajstić information content (AvgIpc) is 2.18. The summed E-state index contributed by atoms with van der Waals surface area (Å²) in [6, 6.07) is 7.79. The van der Waals surface area contributed by atoms with Crippen molar-refractivity contribution >= 4 is 10.8 Å². The minimum absolute atomic E-state index is 0.0374. The number of benzene rings is 1. The van der Waals surface area contributed by atoms with E-state index < -0.39 is 10.8 Å². The summed E-state index contributed by atoms with van der Waals surface area (Å²) in [4.78, 5) is 0.913. The fraction of sp³-hybridized carbons (Fsp3) is 0.455. The van der Waals surface area contributed by atoms with E-state index in [0.29, 0.717) is 5.75 Å². The Morgan fingerprint density at radius 2 is 2.07 bits per heavy atom. The van der Waals surface area contributed by atoms with E-state index in [0.717, 1.165) is 16.9 Å². The second kappa shape index (κ2) is 5.27. The molecular formula is C11H17NOS. The maximum absolute atomic E-state index is 11.9. The summed E-state index contributed by atoms with van der Waals surface area (Å²) in [5.74, 6) is 0.557. The third kappa shape index (κ3) is 2.93. The van der Waals surface area contributed by atoms with E-state index in [1.165, 1.54) is 0 Å². The van der Waals surface area contributed by atoms with Crippen molar-refractivity contribution in [3.8, 4) is 0 Å². The van der Waals surface area contributed by atoms with Crippen LogP contribution in [0.4, 0.5) is 0 Å². The first-order valence-corrected chi connectivity index (χ1v) is 6.16. The van der Waals surface area contributed by atoms with Gasteiger partial charge in [-0.3, -0.25) is 4.21 Å². The Morgan fingerprint density at radius 1 is 1.43 bits per heavy atom. The number of nitrogens with two attached hydrogens (primary N) is 1. The van der Waals surface area contributed by atoms with Crippen LogP contribution in [-0.4, -0.2) is 16.0 Å². The minimum atomic E-state index is -0.950. The lowest BCUT2D eigenvalue weighted by atomic mass is 10.2. The van der Waals surface area contributed by atoms with Gasteiger partial charge in [-0.05, 0) is 25.0 Å². The predicted octanol–water partition coefficient (Wildman–Crippen LogP) is 1.84. The molecule has 2 unspecified atom stereocenters. The summed E-state index contributed by atoms with van der Waals surface area (Å²) in [7, 11) is -0.950. The summed E-state index contributed by atoms with van der Waals surface area (Å²) < 4.78 is 11.9. The highest BCUT2D eigenvalue weighted by Crippen LogP contribution is 2.13. The van der Waals surface area contributed by atoms with Crippen LogP contribution in [0.25, 0.3) is 0 Å². The molecular weight excluding hydrogens is 194 g/mol. The van der Waals surface area contributed by atoms with Gasteiger partial charge in [0.25, 0.3) is 0 Å². The molecule has 0 radical (unpaired) electrons. The number of hydrogen-bond acceptors (Lipinski definition) is 2. The van der Waals surface area contributed by atoms with Crippen molar-refractivity contribution in [1.82, 2.24) is 0 Å². The molecule has 2 N–H and O–H groups in total. The lowest BCUT2D eigenvalue weighted by Crippen LogP contribution is -2.26. The summed E-state index contributed by atoms with van der Waals surface area (Å²) in [5.41, 5.74) is 6.85. The van der Waals surface area contributed by atoms with Gasteiger partial charge in [0, 0.05) is 16.7 Å². The smallest absolute Gasteiger partial charge is 0.0547 e. The molecule has 0 aliphatic carbocycles. The van der Waals surface area contributed by atoms with Gasteiger partial charge in [0.05, 0.1) is 10.8 Å². The molecule has 0 bridgehead atoms. The van der Waals surface area contributed by atoms with Crippen LogP contribution in [0.15, 0.2) is 29.2 Å². The van der Waals surface area contributed by atoms with Crippen LogP contribution in [-0.2, 0) is 10.8 Å². The largest absolute Gasteiger partial charge is 0.327 e. The summed E-state index contributed by atoms with van der Waals surface area (Å²) in [6.07, 6.45) is 0.873. The first-order chi connectivity index (χ1) is 6.65. The first-order valence-electron chi connectivity index (χ1n) is 4.84.